The molecule has 0 aliphatic carbocycles. The molecule has 0 radical (unpaired) electrons. The highest BCUT2D eigenvalue weighted by molar-refractivity contribution is 7.91. The topological polar surface area (TPSA) is 75.3 Å². The molecule has 0 aromatic carbocycles. The van der Waals surface area contributed by atoms with E-state index in [1.54, 1.807) is 13.8 Å². The maximum absolute atomic E-state index is 11.7. The maximum atomic E-state index is 11.7. The van der Waals surface area contributed by atoms with Crippen LogP contribution in [0.5, 0.6) is 0 Å². The number of carbonyl (C=O) groups excluding carboxylic acids is 1. The number of rotatable bonds is 7. The van der Waals surface area contributed by atoms with Crippen LogP contribution in [0.2, 0.25) is 0 Å². The zero-order chi connectivity index (χ0) is 14.4. The van der Waals surface area contributed by atoms with Gasteiger partial charge in [0.05, 0.1) is 5.75 Å². The number of amides is 2. The summed E-state index contributed by atoms with van der Waals surface area (Å²) in [6, 6.07) is -0.687. The van der Waals surface area contributed by atoms with Crippen LogP contribution in [0.15, 0.2) is 0 Å². The SMILES string of the molecule is CCC(C)(CC)NC(=O)NC(C)CS(=O)(=O)CC. The van der Waals surface area contributed by atoms with Crippen LogP contribution in [0.4, 0.5) is 4.79 Å². The second-order valence-electron chi connectivity index (χ2n) is 4.97. The molecule has 0 heterocycles. The average Bonchev–Trinajstić information content (AvgIpc) is 2.27. The number of sulfone groups is 1. The van der Waals surface area contributed by atoms with E-state index >= 15 is 0 Å². The molecule has 0 spiro atoms. The van der Waals surface area contributed by atoms with E-state index in [9.17, 15) is 13.2 Å². The minimum absolute atomic E-state index is 0.0219. The van der Waals surface area contributed by atoms with Crippen molar-refractivity contribution in [1.82, 2.24) is 10.6 Å². The molecule has 2 N–H and O–H groups in total. The Balaban J connectivity index is 4.33. The largest absolute Gasteiger partial charge is 0.335 e. The molecule has 0 aliphatic rings. The summed E-state index contributed by atoms with van der Waals surface area (Å²) in [4.78, 5) is 11.7. The number of hydrogen-bond acceptors (Lipinski definition) is 3. The van der Waals surface area contributed by atoms with Gasteiger partial charge in [0.1, 0.15) is 0 Å². The van der Waals surface area contributed by atoms with Gasteiger partial charge in [0, 0.05) is 17.3 Å². The van der Waals surface area contributed by atoms with Crippen LogP contribution >= 0.6 is 0 Å². The lowest BCUT2D eigenvalue weighted by molar-refractivity contribution is 0.222. The fourth-order valence-electron chi connectivity index (χ4n) is 1.50. The number of urea groups is 1. The quantitative estimate of drug-likeness (QED) is 0.744. The summed E-state index contributed by atoms with van der Waals surface area (Å²) in [7, 11) is -3.06. The second kappa shape index (κ2) is 6.97. The van der Waals surface area contributed by atoms with Gasteiger partial charge >= 0.3 is 6.03 Å². The predicted molar refractivity (Wildman–Crippen MR) is 74.4 cm³/mol. The van der Waals surface area contributed by atoms with Crippen molar-refractivity contribution in [3.63, 3.8) is 0 Å². The van der Waals surface area contributed by atoms with Gasteiger partial charge in [-0.2, -0.15) is 0 Å². The van der Waals surface area contributed by atoms with E-state index in [4.69, 9.17) is 0 Å². The van der Waals surface area contributed by atoms with Gasteiger partial charge in [-0.25, -0.2) is 13.2 Å². The van der Waals surface area contributed by atoms with Gasteiger partial charge in [-0.15, -0.1) is 0 Å². The van der Waals surface area contributed by atoms with Crippen molar-refractivity contribution in [1.29, 1.82) is 0 Å². The van der Waals surface area contributed by atoms with Gasteiger partial charge in [0.15, 0.2) is 9.84 Å². The van der Waals surface area contributed by atoms with Gasteiger partial charge in [0.2, 0.25) is 0 Å². The van der Waals surface area contributed by atoms with Crippen LogP contribution in [0.1, 0.15) is 47.5 Å². The third kappa shape index (κ3) is 6.23. The lowest BCUT2D eigenvalue weighted by Crippen LogP contribution is -2.52. The zero-order valence-corrected chi connectivity index (χ0v) is 12.9. The second-order valence-corrected chi connectivity index (χ2v) is 7.36. The summed E-state index contributed by atoms with van der Waals surface area (Å²) < 4.78 is 22.8. The molecule has 2 amide bonds. The molecule has 18 heavy (non-hydrogen) atoms. The van der Waals surface area contributed by atoms with Crippen LogP contribution < -0.4 is 10.6 Å². The maximum Gasteiger partial charge on any atom is 0.315 e. The number of nitrogens with one attached hydrogen (secondary N) is 2. The molecule has 5 nitrogen and oxygen atoms in total. The van der Waals surface area contributed by atoms with Gasteiger partial charge in [-0.3, -0.25) is 0 Å². The van der Waals surface area contributed by atoms with Crippen molar-refractivity contribution in [2.75, 3.05) is 11.5 Å². The molecule has 0 aromatic rings. The molecule has 108 valence electrons. The highest BCUT2D eigenvalue weighted by Gasteiger charge is 2.23. The third-order valence-electron chi connectivity index (χ3n) is 3.30. The highest BCUT2D eigenvalue weighted by atomic mass is 32.2. The first-order valence-corrected chi connectivity index (χ1v) is 8.29. The Kier molecular flexibility index (Phi) is 6.67. The van der Waals surface area contributed by atoms with E-state index < -0.39 is 9.84 Å². The smallest absolute Gasteiger partial charge is 0.315 e. The van der Waals surface area contributed by atoms with E-state index in [-0.39, 0.29) is 29.1 Å². The summed E-state index contributed by atoms with van der Waals surface area (Å²) in [5, 5.41) is 5.55. The molecule has 1 atom stereocenters. The van der Waals surface area contributed by atoms with E-state index in [1.807, 2.05) is 20.8 Å². The highest BCUT2D eigenvalue weighted by Crippen LogP contribution is 2.13. The first-order chi connectivity index (χ1) is 8.18. The summed E-state index contributed by atoms with van der Waals surface area (Å²) in [6.07, 6.45) is 1.66. The third-order valence-corrected chi connectivity index (χ3v) is 5.18. The lowest BCUT2D eigenvalue weighted by Gasteiger charge is -2.29. The minimum Gasteiger partial charge on any atom is -0.335 e. The van der Waals surface area contributed by atoms with Crippen LogP contribution in [0, 0.1) is 0 Å². The molecular weight excluding hydrogens is 252 g/mol. The summed E-state index contributed by atoms with van der Waals surface area (Å²) in [6.45, 7) is 9.29. The van der Waals surface area contributed by atoms with Crippen LogP contribution in [0.3, 0.4) is 0 Å². The van der Waals surface area contributed by atoms with E-state index in [2.05, 4.69) is 10.6 Å². The Morgan fingerprint density at radius 3 is 2.11 bits per heavy atom. The van der Waals surface area contributed by atoms with E-state index in [1.165, 1.54) is 0 Å². The molecule has 0 aliphatic heterocycles. The Hall–Kier alpha value is -0.780. The normalized spacial score (nSPS) is 14.1. The zero-order valence-electron chi connectivity index (χ0n) is 12.0. The summed E-state index contributed by atoms with van der Waals surface area (Å²) >= 11 is 0. The van der Waals surface area contributed by atoms with Crippen molar-refractivity contribution in [2.24, 2.45) is 0 Å². The average molecular weight is 278 g/mol. The van der Waals surface area contributed by atoms with Gasteiger partial charge in [-0.05, 0) is 26.7 Å². The Morgan fingerprint density at radius 2 is 1.72 bits per heavy atom. The van der Waals surface area contributed by atoms with Crippen molar-refractivity contribution >= 4 is 15.9 Å². The molecular formula is C12H26N2O3S. The van der Waals surface area contributed by atoms with Gasteiger partial charge < -0.3 is 10.6 Å². The number of carbonyl (C=O) groups is 1. The number of hydrogen-bond donors (Lipinski definition) is 2. The van der Waals surface area contributed by atoms with Crippen molar-refractivity contribution < 1.29 is 13.2 Å². The molecule has 0 aromatic heterocycles. The minimum atomic E-state index is -3.06. The van der Waals surface area contributed by atoms with Crippen LogP contribution in [-0.4, -0.2) is 37.5 Å². The molecule has 0 bridgehead atoms. The van der Waals surface area contributed by atoms with Gasteiger partial charge in [-0.1, -0.05) is 20.8 Å². The fourth-order valence-corrected chi connectivity index (χ4v) is 2.58. The van der Waals surface area contributed by atoms with Crippen LogP contribution in [0.25, 0.3) is 0 Å². The van der Waals surface area contributed by atoms with Crippen molar-refractivity contribution in [3.8, 4) is 0 Å². The summed E-state index contributed by atoms with van der Waals surface area (Å²) in [5.74, 6) is 0.0775. The van der Waals surface area contributed by atoms with Crippen molar-refractivity contribution in [2.45, 2.75) is 59.0 Å². The van der Waals surface area contributed by atoms with Crippen molar-refractivity contribution in [3.05, 3.63) is 0 Å². The Morgan fingerprint density at radius 1 is 1.22 bits per heavy atom. The molecule has 0 fully saturated rings. The van der Waals surface area contributed by atoms with Crippen LogP contribution in [-0.2, 0) is 9.84 Å². The lowest BCUT2D eigenvalue weighted by atomic mass is 9.96. The first kappa shape index (κ1) is 17.2. The Labute approximate surface area is 111 Å². The summed E-state index contributed by atoms with van der Waals surface area (Å²) in [5.41, 5.74) is -0.243. The standard InChI is InChI=1S/C12H26N2O3S/c1-6-12(5,7-2)14-11(15)13-10(4)9-18(16,17)8-3/h10H,6-9H2,1-5H3,(H2,13,14,15). The van der Waals surface area contributed by atoms with E-state index in [0.717, 1.165) is 12.8 Å². The molecule has 6 heteroatoms. The molecule has 0 saturated heterocycles. The van der Waals surface area contributed by atoms with Gasteiger partial charge in [0.25, 0.3) is 0 Å². The molecule has 0 saturated carbocycles. The Bertz CT molecular complexity index is 362. The predicted octanol–water partition coefficient (Wildman–Crippen LogP) is 1.69. The first-order valence-electron chi connectivity index (χ1n) is 6.47. The molecule has 1 unspecified atom stereocenters. The fraction of sp³-hybridized carbons (Fsp3) is 0.917. The van der Waals surface area contributed by atoms with E-state index in [0.29, 0.717) is 0 Å². The monoisotopic (exact) mass is 278 g/mol. The molecule has 0 rings (SSSR count).